The minimum absolute atomic E-state index is 0.183. The Hall–Kier alpha value is -2.59. The fraction of sp³-hybridized carbons (Fsp3) is 0.444. The molecular formula is C18H22N5O4S+. The van der Waals surface area contributed by atoms with Crippen LogP contribution in [0.1, 0.15) is 25.5 Å². The van der Waals surface area contributed by atoms with Crippen LogP contribution >= 0.6 is 0 Å². The molecule has 4 rings (SSSR count). The number of urea groups is 1. The normalized spacial score (nSPS) is 23.8. The number of aryl methyl sites for hydroxylation is 1. The molecule has 1 N–H and O–H groups in total. The topological polar surface area (TPSA) is 104 Å². The molecule has 1 atom stereocenters. The molecule has 0 bridgehead atoms. The summed E-state index contributed by atoms with van der Waals surface area (Å²) in [6.45, 7) is 2.04. The first-order valence-corrected chi connectivity index (χ1v) is 10.5. The minimum atomic E-state index is -3.67. The number of rotatable bonds is 5. The lowest BCUT2D eigenvalue weighted by molar-refractivity contribution is -0.453. The number of imide groups is 1. The van der Waals surface area contributed by atoms with Gasteiger partial charge in [0.2, 0.25) is 10.0 Å². The van der Waals surface area contributed by atoms with Crippen molar-refractivity contribution >= 4 is 27.7 Å². The van der Waals surface area contributed by atoms with Gasteiger partial charge in [0.05, 0.1) is 7.05 Å². The Balaban J connectivity index is 1.72. The van der Waals surface area contributed by atoms with Gasteiger partial charge in [0.1, 0.15) is 28.8 Å². The molecule has 1 aliphatic heterocycles. The van der Waals surface area contributed by atoms with E-state index in [2.05, 4.69) is 9.82 Å². The summed E-state index contributed by atoms with van der Waals surface area (Å²) in [6, 6.07) is 1.31. The molecule has 2 heterocycles. The summed E-state index contributed by atoms with van der Waals surface area (Å²) < 4.78 is 31.2. The minimum Gasteiger partial charge on any atom is -0.275 e. The summed E-state index contributed by atoms with van der Waals surface area (Å²) in [5.41, 5.74) is 0.861. The van der Waals surface area contributed by atoms with Gasteiger partial charge in [-0.25, -0.2) is 17.9 Å². The maximum atomic E-state index is 12.7. The highest BCUT2D eigenvalue weighted by molar-refractivity contribution is 7.90. The number of aromatic nitrogens is 2. The lowest BCUT2D eigenvalue weighted by Gasteiger charge is -2.24. The van der Waals surface area contributed by atoms with E-state index in [-0.39, 0.29) is 12.1 Å². The van der Waals surface area contributed by atoms with Crippen LogP contribution < -0.4 is 4.72 Å². The van der Waals surface area contributed by atoms with Gasteiger partial charge in [-0.05, 0) is 38.0 Å². The second-order valence-electron chi connectivity index (χ2n) is 7.71. The third-order valence-electron chi connectivity index (χ3n) is 5.23. The number of hydrogen-bond acceptors (Lipinski definition) is 5. The Kier molecular flexibility index (Phi) is 4.16. The number of amides is 3. The fourth-order valence-corrected chi connectivity index (χ4v) is 4.93. The van der Waals surface area contributed by atoms with Crippen molar-refractivity contribution in [3.8, 4) is 0 Å². The highest BCUT2D eigenvalue weighted by Crippen LogP contribution is 2.36. The van der Waals surface area contributed by atoms with Crippen molar-refractivity contribution in [2.45, 2.75) is 37.1 Å². The molecule has 0 spiro atoms. The second-order valence-corrected chi connectivity index (χ2v) is 9.55. The van der Waals surface area contributed by atoms with Crippen LogP contribution in [-0.2, 0) is 28.4 Å². The van der Waals surface area contributed by atoms with E-state index in [9.17, 15) is 18.0 Å². The smallest absolute Gasteiger partial charge is 0.275 e. The van der Waals surface area contributed by atoms with E-state index in [1.54, 1.807) is 30.1 Å². The monoisotopic (exact) mass is 404 g/mol. The molecule has 0 saturated heterocycles. The van der Waals surface area contributed by atoms with Crippen molar-refractivity contribution in [3.63, 3.8) is 0 Å². The van der Waals surface area contributed by atoms with E-state index in [4.69, 9.17) is 0 Å². The van der Waals surface area contributed by atoms with E-state index in [0.717, 1.165) is 17.7 Å². The molecule has 1 fully saturated rings. The third kappa shape index (κ3) is 3.22. The number of fused-ring (bicyclic) bond motifs is 1. The molecule has 10 heteroatoms. The van der Waals surface area contributed by atoms with Crippen molar-refractivity contribution in [1.29, 1.82) is 0 Å². The summed E-state index contributed by atoms with van der Waals surface area (Å²) in [7, 11) is -0.508. The van der Waals surface area contributed by atoms with Gasteiger partial charge in [-0.2, -0.15) is 19.4 Å². The summed E-state index contributed by atoms with van der Waals surface area (Å²) in [5.74, 6) is -0.514. The van der Waals surface area contributed by atoms with Crippen LogP contribution in [0.2, 0.25) is 0 Å². The SMILES string of the molecule is CN1C(=O)C2=CC(S(=O)(=O)NC3(C)CC3)C=CC2=[N+](Cc2ccn(C)n2)C1=O. The molecule has 9 nitrogen and oxygen atoms in total. The molecule has 148 valence electrons. The van der Waals surface area contributed by atoms with Gasteiger partial charge in [-0.15, -0.1) is 0 Å². The highest BCUT2D eigenvalue weighted by Gasteiger charge is 2.46. The van der Waals surface area contributed by atoms with Crippen molar-refractivity contribution < 1.29 is 22.6 Å². The predicted octanol–water partition coefficient (Wildman–Crippen LogP) is 0.302. The highest BCUT2D eigenvalue weighted by atomic mass is 32.2. The van der Waals surface area contributed by atoms with Crippen LogP contribution in [0.3, 0.4) is 0 Å². The second kappa shape index (κ2) is 6.21. The standard InChI is InChI=1S/C18H22N5O4S/c1-18(7-8-18)20-28(26,27)13-4-5-15-14(10-13)16(24)22(3)17(25)23(15)11-12-6-9-21(2)19-12/h4-6,9-10,13,20H,7-8,11H2,1-3H3/q+1. The number of sulfonamides is 1. The van der Waals surface area contributed by atoms with Gasteiger partial charge in [-0.3, -0.25) is 4.68 Å². The van der Waals surface area contributed by atoms with Gasteiger partial charge in [-0.1, -0.05) is 6.08 Å². The molecule has 3 amide bonds. The van der Waals surface area contributed by atoms with Crippen molar-refractivity contribution in [3.05, 3.63) is 41.8 Å². The zero-order valence-corrected chi connectivity index (χ0v) is 16.7. The van der Waals surface area contributed by atoms with Crippen molar-refractivity contribution in [1.82, 2.24) is 19.4 Å². The van der Waals surface area contributed by atoms with Gasteiger partial charge < -0.3 is 0 Å². The van der Waals surface area contributed by atoms with E-state index in [1.165, 1.54) is 23.8 Å². The van der Waals surface area contributed by atoms with Crippen LogP contribution in [0.5, 0.6) is 0 Å². The van der Waals surface area contributed by atoms with E-state index < -0.39 is 32.8 Å². The zero-order valence-electron chi connectivity index (χ0n) is 15.9. The van der Waals surface area contributed by atoms with Gasteiger partial charge in [0.25, 0.3) is 0 Å². The first kappa shape index (κ1) is 18.8. The van der Waals surface area contributed by atoms with Crippen LogP contribution in [0.4, 0.5) is 4.79 Å². The molecular weight excluding hydrogens is 382 g/mol. The van der Waals surface area contributed by atoms with E-state index in [0.29, 0.717) is 11.4 Å². The van der Waals surface area contributed by atoms with E-state index >= 15 is 0 Å². The van der Waals surface area contributed by atoms with Gasteiger partial charge >= 0.3 is 11.9 Å². The Morgan fingerprint density at radius 1 is 1.32 bits per heavy atom. The number of carbonyl (C=O) groups is 2. The molecule has 3 aliphatic rings. The molecule has 0 aromatic carbocycles. The Morgan fingerprint density at radius 3 is 2.64 bits per heavy atom. The Morgan fingerprint density at radius 2 is 2.04 bits per heavy atom. The van der Waals surface area contributed by atoms with Crippen molar-refractivity contribution in [2.24, 2.45) is 7.05 Å². The summed E-state index contributed by atoms with van der Waals surface area (Å²) in [4.78, 5) is 26.3. The number of nitrogens with zero attached hydrogens (tertiary/aromatic N) is 4. The Labute approximate surface area is 163 Å². The predicted molar refractivity (Wildman–Crippen MR) is 101 cm³/mol. The Bertz CT molecular complexity index is 1080. The van der Waals surface area contributed by atoms with Crippen LogP contribution in [0.25, 0.3) is 0 Å². The zero-order chi connectivity index (χ0) is 20.3. The molecule has 1 unspecified atom stereocenters. The summed E-state index contributed by atoms with van der Waals surface area (Å²) in [6.07, 6.45) is 7.82. The quantitative estimate of drug-likeness (QED) is 0.711. The summed E-state index contributed by atoms with van der Waals surface area (Å²) in [5, 5.41) is 3.31. The average molecular weight is 404 g/mol. The number of nitrogens with one attached hydrogen (secondary N) is 1. The maximum Gasteiger partial charge on any atom is 0.501 e. The first-order valence-electron chi connectivity index (χ1n) is 8.98. The van der Waals surface area contributed by atoms with Gasteiger partial charge in [0.15, 0.2) is 0 Å². The number of hydrogen-bond donors (Lipinski definition) is 1. The summed E-state index contributed by atoms with van der Waals surface area (Å²) >= 11 is 0. The largest absolute Gasteiger partial charge is 0.501 e. The average Bonchev–Trinajstić information content (AvgIpc) is 3.20. The first-order chi connectivity index (χ1) is 13.1. The molecule has 2 aliphatic carbocycles. The molecule has 0 radical (unpaired) electrons. The maximum absolute atomic E-state index is 12.7. The lowest BCUT2D eigenvalue weighted by atomic mass is 10.00. The molecule has 1 aromatic rings. The van der Waals surface area contributed by atoms with Gasteiger partial charge in [0, 0.05) is 18.8 Å². The number of allylic oxidation sites excluding steroid dienone is 1. The van der Waals surface area contributed by atoms with Crippen LogP contribution in [0, 0.1) is 0 Å². The molecule has 1 aromatic heterocycles. The van der Waals surface area contributed by atoms with Crippen LogP contribution in [0.15, 0.2) is 36.1 Å². The third-order valence-corrected chi connectivity index (χ3v) is 7.02. The fourth-order valence-electron chi connectivity index (χ4n) is 3.31. The van der Waals surface area contributed by atoms with E-state index in [1.807, 2.05) is 6.92 Å². The van der Waals surface area contributed by atoms with Crippen molar-refractivity contribution in [2.75, 3.05) is 7.05 Å². The molecule has 28 heavy (non-hydrogen) atoms. The van der Waals surface area contributed by atoms with Crippen LogP contribution in [-0.4, -0.2) is 63.2 Å². The number of carbonyl (C=O) groups excluding carboxylic acids is 2. The lowest BCUT2D eigenvalue weighted by Crippen LogP contribution is -2.50. The number of likely N-dealkylation sites (N-methyl/N-ethyl adjacent to an activating group) is 1. The molecule has 1 saturated carbocycles.